The zero-order chi connectivity index (χ0) is 20.6. The molecule has 9 heteroatoms. The minimum atomic E-state index is -0.823. The second kappa shape index (κ2) is 7.08. The van der Waals surface area contributed by atoms with Crippen LogP contribution in [0.2, 0.25) is 0 Å². The summed E-state index contributed by atoms with van der Waals surface area (Å²) in [5.74, 6) is -0.985. The zero-order valence-corrected chi connectivity index (χ0v) is 15.7. The molecule has 0 saturated heterocycles. The third-order valence-corrected chi connectivity index (χ3v) is 4.83. The molecule has 2 amide bonds. The van der Waals surface area contributed by atoms with Crippen molar-refractivity contribution in [2.75, 3.05) is 0 Å². The molecular weight excluding hydrogens is 366 g/mol. The molecule has 1 aromatic heterocycles. The van der Waals surface area contributed by atoms with E-state index in [1.165, 1.54) is 24.3 Å². The lowest BCUT2D eigenvalue weighted by atomic mass is 9.75. The first kappa shape index (κ1) is 19.6. The van der Waals surface area contributed by atoms with E-state index in [9.17, 15) is 24.8 Å². The van der Waals surface area contributed by atoms with Crippen molar-refractivity contribution in [1.29, 1.82) is 0 Å². The second-order valence-corrected chi connectivity index (χ2v) is 7.64. The minimum Gasteiger partial charge on any atom is -0.455 e. The molecule has 1 heterocycles. The molecule has 0 fully saturated rings. The molecular formula is C19H21N3O6. The number of nitrogens with one attached hydrogen (secondary N) is 2. The van der Waals surface area contributed by atoms with Crippen LogP contribution >= 0.6 is 0 Å². The molecule has 2 aromatic rings. The maximum Gasteiger partial charge on any atom is 0.305 e. The molecule has 1 aliphatic carbocycles. The number of aliphatic hydroxyl groups excluding tert-OH is 1. The number of furan rings is 1. The average molecular weight is 387 g/mol. The fourth-order valence-corrected chi connectivity index (χ4v) is 3.56. The predicted molar refractivity (Wildman–Crippen MR) is 98.5 cm³/mol. The van der Waals surface area contributed by atoms with Crippen molar-refractivity contribution in [2.24, 2.45) is 5.41 Å². The summed E-state index contributed by atoms with van der Waals surface area (Å²) in [6.07, 6.45) is 0.400. The minimum absolute atomic E-state index is 0.00962. The molecule has 28 heavy (non-hydrogen) atoms. The Hall–Kier alpha value is -3.20. The van der Waals surface area contributed by atoms with Gasteiger partial charge in [-0.2, -0.15) is 0 Å². The topological polar surface area (TPSA) is 135 Å². The van der Waals surface area contributed by atoms with Crippen molar-refractivity contribution in [3.63, 3.8) is 0 Å². The summed E-state index contributed by atoms with van der Waals surface area (Å²) in [6, 6.07) is 5.41. The lowest BCUT2D eigenvalue weighted by Gasteiger charge is -2.31. The van der Waals surface area contributed by atoms with E-state index in [-0.39, 0.29) is 22.4 Å². The Labute approximate surface area is 160 Å². The highest BCUT2D eigenvalue weighted by molar-refractivity contribution is 6.00. The van der Waals surface area contributed by atoms with Crippen LogP contribution in [-0.2, 0) is 6.42 Å². The van der Waals surface area contributed by atoms with Gasteiger partial charge >= 0.3 is 5.91 Å². The Bertz CT molecular complexity index is 963. The second-order valence-electron chi connectivity index (χ2n) is 7.64. The third kappa shape index (κ3) is 3.61. The molecule has 3 rings (SSSR count). The van der Waals surface area contributed by atoms with Gasteiger partial charge < -0.3 is 9.52 Å². The molecule has 1 aliphatic rings. The standard InChI is InChI=1S/C19H21N3O6/c1-10-15-13(23)8-19(2,3)9-14(15)28-16(10)18(25)21-20-17(24)11-6-4-5-7-12(11)22(26)27/h4-7,13,23H,8-9H2,1-3H3,(H,20,24)(H,21,25). The number of nitrogens with zero attached hydrogens (tertiary/aromatic N) is 1. The molecule has 1 unspecified atom stereocenters. The Morgan fingerprint density at radius 3 is 2.57 bits per heavy atom. The Kier molecular flexibility index (Phi) is 4.95. The molecule has 1 aromatic carbocycles. The van der Waals surface area contributed by atoms with Gasteiger partial charge in [0.05, 0.1) is 11.0 Å². The Balaban J connectivity index is 1.77. The summed E-state index contributed by atoms with van der Waals surface area (Å²) in [5, 5.41) is 21.4. The summed E-state index contributed by atoms with van der Waals surface area (Å²) < 4.78 is 5.67. The summed E-state index contributed by atoms with van der Waals surface area (Å²) in [6.45, 7) is 5.68. The van der Waals surface area contributed by atoms with Crippen LogP contribution in [0.15, 0.2) is 28.7 Å². The van der Waals surface area contributed by atoms with Crippen LogP contribution in [0.25, 0.3) is 0 Å². The van der Waals surface area contributed by atoms with Crippen LogP contribution in [0.1, 0.15) is 64.2 Å². The van der Waals surface area contributed by atoms with Crippen molar-refractivity contribution in [3.8, 4) is 0 Å². The highest BCUT2D eigenvalue weighted by Crippen LogP contribution is 2.43. The molecule has 148 valence electrons. The van der Waals surface area contributed by atoms with Crippen LogP contribution in [0.4, 0.5) is 5.69 Å². The number of amides is 2. The molecule has 0 saturated carbocycles. The van der Waals surface area contributed by atoms with Gasteiger partial charge in [-0.25, -0.2) is 0 Å². The van der Waals surface area contributed by atoms with E-state index in [2.05, 4.69) is 10.9 Å². The SMILES string of the molecule is Cc1c(C(=O)NNC(=O)c2ccccc2[N+](=O)[O-])oc2c1C(O)CC(C)(C)C2. The number of carbonyl (C=O) groups is 2. The first-order valence-corrected chi connectivity index (χ1v) is 8.75. The molecule has 3 N–H and O–H groups in total. The van der Waals surface area contributed by atoms with Gasteiger partial charge in [0.25, 0.3) is 11.6 Å². The maximum atomic E-state index is 12.5. The van der Waals surface area contributed by atoms with Crippen LogP contribution in [0.3, 0.4) is 0 Å². The highest BCUT2D eigenvalue weighted by Gasteiger charge is 2.37. The predicted octanol–water partition coefficient (Wildman–Crippen LogP) is 2.58. The largest absolute Gasteiger partial charge is 0.455 e. The molecule has 0 spiro atoms. The number of nitro benzene ring substituents is 1. The number of hydrogen-bond acceptors (Lipinski definition) is 6. The van der Waals surface area contributed by atoms with Crippen LogP contribution in [0.5, 0.6) is 0 Å². The molecule has 0 radical (unpaired) electrons. The number of hydrazine groups is 1. The highest BCUT2D eigenvalue weighted by atomic mass is 16.6. The fourth-order valence-electron chi connectivity index (χ4n) is 3.56. The lowest BCUT2D eigenvalue weighted by Crippen LogP contribution is -2.41. The number of hydrogen-bond donors (Lipinski definition) is 3. The number of nitro groups is 1. The smallest absolute Gasteiger partial charge is 0.305 e. The summed E-state index contributed by atoms with van der Waals surface area (Å²) >= 11 is 0. The van der Waals surface area contributed by atoms with Crippen molar-refractivity contribution in [3.05, 3.63) is 62.6 Å². The van der Waals surface area contributed by atoms with Crippen molar-refractivity contribution in [2.45, 2.75) is 39.7 Å². The normalized spacial score (nSPS) is 17.5. The molecule has 1 atom stereocenters. The van der Waals surface area contributed by atoms with E-state index in [1.54, 1.807) is 6.92 Å². The van der Waals surface area contributed by atoms with Crippen LogP contribution in [-0.4, -0.2) is 21.8 Å². The number of benzene rings is 1. The Morgan fingerprint density at radius 1 is 1.25 bits per heavy atom. The van der Waals surface area contributed by atoms with Crippen molar-refractivity contribution >= 4 is 17.5 Å². The van der Waals surface area contributed by atoms with E-state index in [0.717, 1.165) is 0 Å². The van der Waals surface area contributed by atoms with Gasteiger partial charge in [-0.15, -0.1) is 0 Å². The number of rotatable bonds is 3. The third-order valence-electron chi connectivity index (χ3n) is 4.83. The van der Waals surface area contributed by atoms with Gasteiger partial charge in [0.1, 0.15) is 11.3 Å². The van der Waals surface area contributed by atoms with E-state index >= 15 is 0 Å². The van der Waals surface area contributed by atoms with Gasteiger partial charge in [-0.3, -0.25) is 30.6 Å². The number of para-hydroxylation sites is 1. The van der Waals surface area contributed by atoms with Crippen LogP contribution < -0.4 is 10.9 Å². The maximum absolute atomic E-state index is 12.5. The number of aliphatic hydroxyl groups is 1. The summed E-state index contributed by atoms with van der Waals surface area (Å²) in [7, 11) is 0. The lowest BCUT2D eigenvalue weighted by molar-refractivity contribution is -0.385. The molecule has 9 nitrogen and oxygen atoms in total. The summed E-state index contributed by atoms with van der Waals surface area (Å²) in [4.78, 5) is 35.0. The van der Waals surface area contributed by atoms with Crippen molar-refractivity contribution in [1.82, 2.24) is 10.9 Å². The number of fused-ring (bicyclic) bond motifs is 1. The van der Waals surface area contributed by atoms with E-state index < -0.39 is 22.8 Å². The van der Waals surface area contributed by atoms with Gasteiger partial charge in [-0.05, 0) is 24.8 Å². The monoisotopic (exact) mass is 387 g/mol. The van der Waals surface area contributed by atoms with E-state index in [1.807, 2.05) is 13.8 Å². The quantitative estimate of drug-likeness (QED) is 0.547. The zero-order valence-electron chi connectivity index (χ0n) is 15.7. The number of carbonyl (C=O) groups excluding carboxylic acids is 2. The Morgan fingerprint density at radius 2 is 1.89 bits per heavy atom. The summed E-state index contributed by atoms with van der Waals surface area (Å²) in [5.41, 5.74) is 4.78. The first-order chi connectivity index (χ1) is 13.1. The molecule has 0 bridgehead atoms. The van der Waals surface area contributed by atoms with Gasteiger partial charge in [0.2, 0.25) is 0 Å². The van der Waals surface area contributed by atoms with Gasteiger partial charge in [-0.1, -0.05) is 26.0 Å². The van der Waals surface area contributed by atoms with E-state index in [0.29, 0.717) is 29.7 Å². The van der Waals surface area contributed by atoms with Gasteiger partial charge in [0.15, 0.2) is 5.76 Å². The van der Waals surface area contributed by atoms with Gasteiger partial charge in [0, 0.05) is 23.6 Å². The van der Waals surface area contributed by atoms with Crippen LogP contribution in [0, 0.1) is 22.5 Å². The van der Waals surface area contributed by atoms with E-state index in [4.69, 9.17) is 4.42 Å². The first-order valence-electron chi connectivity index (χ1n) is 8.75. The fraction of sp³-hybridized carbons (Fsp3) is 0.368. The van der Waals surface area contributed by atoms with Crippen molar-refractivity contribution < 1.29 is 24.0 Å². The molecule has 0 aliphatic heterocycles. The average Bonchev–Trinajstić information content (AvgIpc) is 2.94.